The van der Waals surface area contributed by atoms with Gasteiger partial charge in [0.05, 0.1) is 12.7 Å². The van der Waals surface area contributed by atoms with Crippen LogP contribution in [0.2, 0.25) is 0 Å². The first kappa shape index (κ1) is 22.2. The molecular weight excluding hydrogens is 420 g/mol. The van der Waals surface area contributed by atoms with Gasteiger partial charge in [-0.15, -0.1) is 0 Å². The van der Waals surface area contributed by atoms with Crippen molar-refractivity contribution < 1.29 is 23.8 Å². The van der Waals surface area contributed by atoms with Crippen molar-refractivity contribution in [3.8, 4) is 17.2 Å². The number of piperazine rings is 1. The predicted molar refractivity (Wildman–Crippen MR) is 125 cm³/mol. The largest absolute Gasteiger partial charge is 0.497 e. The SMILES string of the molecule is COc1ccc(N2CCN(C(=O)COC(=O)c3ccc(Oc4ccccc4)cc3)CC2)cc1. The van der Waals surface area contributed by atoms with Gasteiger partial charge in [0.2, 0.25) is 0 Å². The van der Waals surface area contributed by atoms with Crippen LogP contribution in [-0.4, -0.2) is 56.7 Å². The van der Waals surface area contributed by atoms with Gasteiger partial charge >= 0.3 is 5.97 Å². The van der Waals surface area contributed by atoms with Gasteiger partial charge in [0.1, 0.15) is 17.2 Å². The number of hydrogen-bond donors (Lipinski definition) is 0. The number of hydrogen-bond acceptors (Lipinski definition) is 6. The first-order chi connectivity index (χ1) is 16.1. The Labute approximate surface area is 193 Å². The van der Waals surface area contributed by atoms with Crippen LogP contribution >= 0.6 is 0 Å². The molecule has 3 aromatic rings. The van der Waals surface area contributed by atoms with E-state index >= 15 is 0 Å². The summed E-state index contributed by atoms with van der Waals surface area (Å²) in [5.74, 6) is 1.41. The molecule has 0 saturated carbocycles. The van der Waals surface area contributed by atoms with Gasteiger partial charge < -0.3 is 24.0 Å². The topological polar surface area (TPSA) is 68.3 Å². The number of carbonyl (C=O) groups is 2. The van der Waals surface area contributed by atoms with Gasteiger partial charge in [-0.3, -0.25) is 4.79 Å². The monoisotopic (exact) mass is 446 g/mol. The van der Waals surface area contributed by atoms with Crippen LogP contribution in [0.25, 0.3) is 0 Å². The van der Waals surface area contributed by atoms with Crippen molar-refractivity contribution in [3.63, 3.8) is 0 Å². The van der Waals surface area contributed by atoms with Crippen molar-refractivity contribution >= 4 is 17.6 Å². The number of anilines is 1. The molecule has 1 amide bonds. The molecule has 0 radical (unpaired) electrons. The minimum atomic E-state index is -0.536. The van der Waals surface area contributed by atoms with Gasteiger partial charge in [0.15, 0.2) is 6.61 Å². The summed E-state index contributed by atoms with van der Waals surface area (Å²) in [6, 6.07) is 23.9. The molecule has 0 aromatic heterocycles. The molecule has 33 heavy (non-hydrogen) atoms. The zero-order chi connectivity index (χ0) is 23.0. The van der Waals surface area contributed by atoms with Crippen LogP contribution in [0.1, 0.15) is 10.4 Å². The van der Waals surface area contributed by atoms with Crippen molar-refractivity contribution in [2.24, 2.45) is 0 Å². The summed E-state index contributed by atoms with van der Waals surface area (Å²) in [5, 5.41) is 0. The van der Waals surface area contributed by atoms with E-state index in [-0.39, 0.29) is 12.5 Å². The number of amides is 1. The zero-order valence-electron chi connectivity index (χ0n) is 18.5. The Balaban J connectivity index is 1.23. The van der Waals surface area contributed by atoms with Gasteiger partial charge in [-0.2, -0.15) is 0 Å². The molecule has 1 saturated heterocycles. The van der Waals surface area contributed by atoms with Gasteiger partial charge in [-0.25, -0.2) is 4.79 Å². The average Bonchev–Trinajstić information content (AvgIpc) is 2.88. The number of benzene rings is 3. The highest BCUT2D eigenvalue weighted by Crippen LogP contribution is 2.22. The Morgan fingerprint density at radius 1 is 0.758 bits per heavy atom. The Bertz CT molecular complexity index is 1060. The van der Waals surface area contributed by atoms with Gasteiger partial charge in [-0.05, 0) is 60.7 Å². The van der Waals surface area contributed by atoms with Crippen LogP contribution < -0.4 is 14.4 Å². The molecule has 1 aliphatic rings. The van der Waals surface area contributed by atoms with Crippen LogP contribution in [0.4, 0.5) is 5.69 Å². The van der Waals surface area contributed by atoms with Crippen LogP contribution in [0.15, 0.2) is 78.9 Å². The number of rotatable bonds is 7. The Kier molecular flexibility index (Phi) is 7.09. The van der Waals surface area contributed by atoms with E-state index in [4.69, 9.17) is 14.2 Å². The highest BCUT2D eigenvalue weighted by Gasteiger charge is 2.22. The predicted octanol–water partition coefficient (Wildman–Crippen LogP) is 3.99. The lowest BCUT2D eigenvalue weighted by Crippen LogP contribution is -2.49. The number of esters is 1. The fraction of sp³-hybridized carbons (Fsp3) is 0.231. The third kappa shape index (κ3) is 5.83. The normalized spacial score (nSPS) is 13.4. The second-order valence-electron chi connectivity index (χ2n) is 7.58. The third-order valence-electron chi connectivity index (χ3n) is 5.47. The first-order valence-electron chi connectivity index (χ1n) is 10.8. The van der Waals surface area contributed by atoms with E-state index in [2.05, 4.69) is 4.90 Å². The summed E-state index contributed by atoms with van der Waals surface area (Å²) >= 11 is 0. The number of methoxy groups -OCH3 is 1. The highest BCUT2D eigenvalue weighted by atomic mass is 16.5. The lowest BCUT2D eigenvalue weighted by atomic mass is 10.2. The number of ether oxygens (including phenoxy) is 3. The summed E-state index contributed by atoms with van der Waals surface area (Å²) < 4.78 is 16.2. The minimum absolute atomic E-state index is 0.193. The fourth-order valence-corrected chi connectivity index (χ4v) is 3.59. The van der Waals surface area contributed by atoms with E-state index in [1.54, 1.807) is 36.3 Å². The Morgan fingerprint density at radius 3 is 2.00 bits per heavy atom. The summed E-state index contributed by atoms with van der Waals surface area (Å²) in [5.41, 5.74) is 1.46. The maximum absolute atomic E-state index is 12.5. The zero-order valence-corrected chi connectivity index (χ0v) is 18.5. The first-order valence-corrected chi connectivity index (χ1v) is 10.8. The van der Waals surface area contributed by atoms with Crippen molar-refractivity contribution in [3.05, 3.63) is 84.4 Å². The Hall–Kier alpha value is -4.00. The van der Waals surface area contributed by atoms with Crippen LogP contribution in [0.3, 0.4) is 0 Å². The molecule has 0 N–H and O–H groups in total. The standard InChI is InChI=1S/C26H26N2O5/c1-31-22-13-9-21(10-14-22)27-15-17-28(18-16-27)25(29)19-32-26(30)20-7-11-24(12-8-20)33-23-5-3-2-4-6-23/h2-14H,15-19H2,1H3. The molecule has 1 heterocycles. The van der Waals surface area contributed by atoms with E-state index < -0.39 is 5.97 Å². The lowest BCUT2D eigenvalue weighted by Gasteiger charge is -2.36. The van der Waals surface area contributed by atoms with E-state index in [1.165, 1.54) is 0 Å². The molecule has 1 aliphatic heterocycles. The number of para-hydroxylation sites is 1. The number of nitrogens with zero attached hydrogens (tertiary/aromatic N) is 2. The van der Waals surface area contributed by atoms with E-state index in [0.717, 1.165) is 24.5 Å². The average molecular weight is 447 g/mol. The van der Waals surface area contributed by atoms with Crippen molar-refractivity contribution in [2.75, 3.05) is 44.8 Å². The smallest absolute Gasteiger partial charge is 0.338 e. The molecule has 1 fully saturated rings. The van der Waals surface area contributed by atoms with E-state index in [0.29, 0.717) is 30.2 Å². The molecule has 0 aliphatic carbocycles. The quantitative estimate of drug-likeness (QED) is 0.511. The van der Waals surface area contributed by atoms with Crippen LogP contribution in [0, 0.1) is 0 Å². The maximum atomic E-state index is 12.5. The van der Waals surface area contributed by atoms with E-state index in [9.17, 15) is 9.59 Å². The molecule has 0 atom stereocenters. The summed E-state index contributed by atoms with van der Waals surface area (Å²) in [6.07, 6.45) is 0. The molecule has 7 nitrogen and oxygen atoms in total. The summed E-state index contributed by atoms with van der Waals surface area (Å²) in [7, 11) is 1.64. The van der Waals surface area contributed by atoms with Crippen LogP contribution in [-0.2, 0) is 9.53 Å². The lowest BCUT2D eigenvalue weighted by molar-refractivity contribution is -0.134. The van der Waals surface area contributed by atoms with Crippen molar-refractivity contribution in [1.82, 2.24) is 4.90 Å². The molecule has 7 heteroatoms. The summed E-state index contributed by atoms with van der Waals surface area (Å²) in [6.45, 7) is 2.31. The van der Waals surface area contributed by atoms with Crippen LogP contribution in [0.5, 0.6) is 17.2 Å². The molecular formula is C26H26N2O5. The fourth-order valence-electron chi connectivity index (χ4n) is 3.59. The molecule has 4 rings (SSSR count). The molecule has 0 bridgehead atoms. The summed E-state index contributed by atoms with van der Waals surface area (Å²) in [4.78, 5) is 28.8. The number of carbonyl (C=O) groups excluding carboxylic acids is 2. The third-order valence-corrected chi connectivity index (χ3v) is 5.47. The second kappa shape index (κ2) is 10.5. The Morgan fingerprint density at radius 2 is 1.36 bits per heavy atom. The molecule has 3 aromatic carbocycles. The highest BCUT2D eigenvalue weighted by molar-refractivity contribution is 5.91. The maximum Gasteiger partial charge on any atom is 0.338 e. The van der Waals surface area contributed by atoms with Crippen molar-refractivity contribution in [1.29, 1.82) is 0 Å². The van der Waals surface area contributed by atoms with Crippen molar-refractivity contribution in [2.45, 2.75) is 0 Å². The minimum Gasteiger partial charge on any atom is -0.497 e. The van der Waals surface area contributed by atoms with E-state index in [1.807, 2.05) is 54.6 Å². The molecule has 170 valence electrons. The van der Waals surface area contributed by atoms with Gasteiger partial charge in [0.25, 0.3) is 5.91 Å². The van der Waals surface area contributed by atoms with Gasteiger partial charge in [0, 0.05) is 31.9 Å². The molecule has 0 unspecified atom stereocenters. The van der Waals surface area contributed by atoms with Gasteiger partial charge in [-0.1, -0.05) is 18.2 Å². The second-order valence-corrected chi connectivity index (χ2v) is 7.58. The molecule has 0 spiro atoms.